The van der Waals surface area contributed by atoms with Crippen LogP contribution in [0.5, 0.6) is 0 Å². The van der Waals surface area contributed by atoms with Crippen LogP contribution in [-0.2, 0) is 15.6 Å². The van der Waals surface area contributed by atoms with E-state index >= 15 is 0 Å². The first-order valence-electron chi connectivity index (χ1n) is 6.00. The van der Waals surface area contributed by atoms with E-state index in [1.807, 2.05) is 29.6 Å². The standard InChI is InChI=1S/C13H15NO2S2/c15-18(16,8-10-5-14-6-10)9-11-7-17-13-4-2-1-3-12(11)13/h1-4,7,10,14H,5-6,8-9H2. The number of thiophene rings is 1. The summed E-state index contributed by atoms with van der Waals surface area (Å²) in [5.41, 5.74) is 0.947. The molecule has 5 heteroatoms. The van der Waals surface area contributed by atoms with E-state index in [4.69, 9.17) is 0 Å². The zero-order chi connectivity index (χ0) is 12.6. The molecule has 0 aliphatic carbocycles. The molecule has 0 unspecified atom stereocenters. The third kappa shape index (κ3) is 2.43. The molecule has 18 heavy (non-hydrogen) atoms. The van der Waals surface area contributed by atoms with E-state index in [1.165, 1.54) is 0 Å². The van der Waals surface area contributed by atoms with Gasteiger partial charge in [0.2, 0.25) is 0 Å². The SMILES string of the molecule is O=S(=O)(Cc1csc2ccccc12)CC1CNC1. The van der Waals surface area contributed by atoms with Gasteiger partial charge in [-0.25, -0.2) is 8.42 Å². The Morgan fingerprint density at radius 2 is 2.06 bits per heavy atom. The molecule has 96 valence electrons. The summed E-state index contributed by atoms with van der Waals surface area (Å²) >= 11 is 1.62. The fourth-order valence-electron chi connectivity index (χ4n) is 2.27. The molecule has 1 fully saturated rings. The molecule has 0 spiro atoms. The van der Waals surface area contributed by atoms with E-state index in [9.17, 15) is 8.42 Å². The van der Waals surface area contributed by atoms with Crippen LogP contribution < -0.4 is 5.32 Å². The van der Waals surface area contributed by atoms with Gasteiger partial charge in [0.05, 0.1) is 11.5 Å². The third-order valence-electron chi connectivity index (χ3n) is 3.29. The van der Waals surface area contributed by atoms with Crippen molar-refractivity contribution in [3.05, 3.63) is 35.2 Å². The second kappa shape index (κ2) is 4.64. The van der Waals surface area contributed by atoms with Crippen molar-refractivity contribution in [1.29, 1.82) is 0 Å². The van der Waals surface area contributed by atoms with E-state index in [0.29, 0.717) is 11.7 Å². The summed E-state index contributed by atoms with van der Waals surface area (Å²) < 4.78 is 25.4. The summed E-state index contributed by atoms with van der Waals surface area (Å²) in [6.07, 6.45) is 0. The fraction of sp³-hybridized carbons (Fsp3) is 0.385. The maximum absolute atomic E-state index is 12.1. The van der Waals surface area contributed by atoms with Crippen LogP contribution in [0.15, 0.2) is 29.6 Å². The second-order valence-corrected chi connectivity index (χ2v) is 7.86. The molecular weight excluding hydrogens is 266 g/mol. The average molecular weight is 281 g/mol. The Balaban J connectivity index is 1.82. The summed E-state index contributed by atoms with van der Waals surface area (Å²) in [4.78, 5) is 0. The van der Waals surface area contributed by atoms with Crippen LogP contribution >= 0.6 is 11.3 Å². The van der Waals surface area contributed by atoms with E-state index < -0.39 is 9.84 Å². The Bertz CT molecular complexity index is 656. The van der Waals surface area contributed by atoms with Crippen LogP contribution in [0.3, 0.4) is 0 Å². The molecule has 2 heterocycles. The van der Waals surface area contributed by atoms with Gasteiger partial charge in [-0.1, -0.05) is 18.2 Å². The molecule has 3 nitrogen and oxygen atoms in total. The zero-order valence-corrected chi connectivity index (χ0v) is 11.6. The molecule has 1 aromatic carbocycles. The first kappa shape index (κ1) is 12.1. The molecular formula is C13H15NO2S2. The minimum Gasteiger partial charge on any atom is -0.316 e. The minimum absolute atomic E-state index is 0.174. The molecule has 1 aliphatic heterocycles. The number of sulfone groups is 1. The van der Waals surface area contributed by atoms with Crippen LogP contribution in [0, 0.1) is 5.92 Å². The van der Waals surface area contributed by atoms with Gasteiger partial charge in [-0.15, -0.1) is 11.3 Å². The molecule has 1 saturated heterocycles. The van der Waals surface area contributed by atoms with Crippen molar-refractivity contribution in [3.63, 3.8) is 0 Å². The van der Waals surface area contributed by atoms with Crippen molar-refractivity contribution in [2.45, 2.75) is 5.75 Å². The Morgan fingerprint density at radius 1 is 1.28 bits per heavy atom. The molecule has 1 aromatic heterocycles. The molecule has 2 aromatic rings. The Hall–Kier alpha value is -0.910. The van der Waals surface area contributed by atoms with Crippen LogP contribution in [0.4, 0.5) is 0 Å². The van der Waals surface area contributed by atoms with Crippen molar-refractivity contribution in [1.82, 2.24) is 5.32 Å². The van der Waals surface area contributed by atoms with Crippen molar-refractivity contribution in [2.24, 2.45) is 5.92 Å². The molecule has 0 bridgehead atoms. The van der Waals surface area contributed by atoms with Crippen LogP contribution in [0.25, 0.3) is 10.1 Å². The average Bonchev–Trinajstić information content (AvgIpc) is 2.67. The second-order valence-electron chi connectivity index (χ2n) is 4.84. The highest BCUT2D eigenvalue weighted by atomic mass is 32.2. The molecule has 1 N–H and O–H groups in total. The molecule has 3 rings (SSSR count). The van der Waals surface area contributed by atoms with Gasteiger partial charge in [-0.3, -0.25) is 0 Å². The van der Waals surface area contributed by atoms with Crippen LogP contribution in [0.1, 0.15) is 5.56 Å². The van der Waals surface area contributed by atoms with E-state index in [0.717, 1.165) is 28.7 Å². The fourth-order valence-corrected chi connectivity index (χ4v) is 5.12. The van der Waals surface area contributed by atoms with Gasteiger partial charge < -0.3 is 5.32 Å². The van der Waals surface area contributed by atoms with E-state index in [2.05, 4.69) is 5.32 Å². The van der Waals surface area contributed by atoms with Gasteiger partial charge in [-0.2, -0.15) is 0 Å². The first-order valence-corrected chi connectivity index (χ1v) is 8.70. The molecule has 0 saturated carbocycles. The predicted octanol–water partition coefficient (Wildman–Crippen LogP) is 2.04. The highest BCUT2D eigenvalue weighted by Gasteiger charge is 2.25. The molecule has 1 aliphatic rings. The number of nitrogens with one attached hydrogen (secondary N) is 1. The van der Waals surface area contributed by atoms with E-state index in [1.54, 1.807) is 11.3 Å². The van der Waals surface area contributed by atoms with Gasteiger partial charge in [0.1, 0.15) is 0 Å². The van der Waals surface area contributed by atoms with Crippen LogP contribution in [-0.4, -0.2) is 27.3 Å². The number of hydrogen-bond acceptors (Lipinski definition) is 4. The number of fused-ring (bicyclic) bond motifs is 1. The Morgan fingerprint density at radius 3 is 2.78 bits per heavy atom. The Kier molecular flexibility index (Phi) is 3.13. The van der Waals surface area contributed by atoms with Crippen molar-refractivity contribution in [3.8, 4) is 0 Å². The van der Waals surface area contributed by atoms with Crippen molar-refractivity contribution >= 4 is 31.3 Å². The summed E-state index contributed by atoms with van der Waals surface area (Å²) in [5.74, 6) is 0.789. The summed E-state index contributed by atoms with van der Waals surface area (Å²) in [6.45, 7) is 1.67. The number of hydrogen-bond donors (Lipinski definition) is 1. The van der Waals surface area contributed by atoms with E-state index in [-0.39, 0.29) is 5.75 Å². The lowest BCUT2D eigenvalue weighted by Gasteiger charge is -2.26. The summed E-state index contributed by atoms with van der Waals surface area (Å²) in [5, 5.41) is 6.16. The largest absolute Gasteiger partial charge is 0.316 e. The molecule has 0 amide bonds. The summed E-state index contributed by atoms with van der Waals surface area (Å²) in [7, 11) is -2.99. The smallest absolute Gasteiger partial charge is 0.154 e. The first-order chi connectivity index (χ1) is 8.64. The molecule has 0 radical (unpaired) electrons. The van der Waals surface area contributed by atoms with Gasteiger partial charge >= 0.3 is 0 Å². The highest BCUT2D eigenvalue weighted by Crippen LogP contribution is 2.27. The van der Waals surface area contributed by atoms with Gasteiger partial charge in [0.25, 0.3) is 0 Å². The monoisotopic (exact) mass is 281 g/mol. The number of benzene rings is 1. The number of rotatable bonds is 4. The third-order valence-corrected chi connectivity index (χ3v) is 6.03. The lowest BCUT2D eigenvalue weighted by atomic mass is 10.1. The lowest BCUT2D eigenvalue weighted by molar-refractivity contribution is 0.378. The minimum atomic E-state index is -2.99. The zero-order valence-electron chi connectivity index (χ0n) is 9.93. The van der Waals surface area contributed by atoms with Crippen molar-refractivity contribution < 1.29 is 8.42 Å². The topological polar surface area (TPSA) is 46.2 Å². The lowest BCUT2D eigenvalue weighted by Crippen LogP contribution is -2.45. The predicted molar refractivity (Wildman–Crippen MR) is 75.7 cm³/mol. The van der Waals surface area contributed by atoms with Gasteiger partial charge in [0.15, 0.2) is 9.84 Å². The van der Waals surface area contributed by atoms with Gasteiger partial charge in [-0.05, 0) is 28.3 Å². The van der Waals surface area contributed by atoms with Crippen molar-refractivity contribution in [2.75, 3.05) is 18.8 Å². The maximum atomic E-state index is 12.1. The highest BCUT2D eigenvalue weighted by molar-refractivity contribution is 7.90. The summed E-state index contributed by atoms with van der Waals surface area (Å²) in [6, 6.07) is 7.98. The van der Waals surface area contributed by atoms with Gasteiger partial charge in [0, 0.05) is 17.8 Å². The normalized spacial score (nSPS) is 16.9. The molecule has 0 atom stereocenters. The quantitative estimate of drug-likeness (QED) is 0.933. The maximum Gasteiger partial charge on any atom is 0.154 e. The Labute approximate surface area is 111 Å². The van der Waals surface area contributed by atoms with Crippen LogP contribution in [0.2, 0.25) is 0 Å².